The molecule has 1 saturated heterocycles. The molecule has 0 aliphatic carbocycles. The van der Waals surface area contributed by atoms with E-state index in [1.165, 1.54) is 6.07 Å². The van der Waals surface area contributed by atoms with Crippen LogP contribution in [0, 0.1) is 0 Å². The van der Waals surface area contributed by atoms with Crippen molar-refractivity contribution in [2.24, 2.45) is 0 Å². The largest absolute Gasteiger partial charge is 0.409 e. The highest BCUT2D eigenvalue weighted by atomic mass is 19.4. The van der Waals surface area contributed by atoms with Crippen LogP contribution in [0.4, 0.5) is 13.2 Å². The Morgan fingerprint density at radius 3 is 2.56 bits per heavy atom. The number of rotatable bonds is 5. The number of nitrogens with zero attached hydrogens (tertiary/aromatic N) is 1. The number of amides is 1. The van der Waals surface area contributed by atoms with E-state index in [9.17, 15) is 18.0 Å². The average molecular weight is 350 g/mol. The molecule has 1 fully saturated rings. The molecule has 0 bridgehead atoms. The lowest BCUT2D eigenvalue weighted by molar-refractivity contribution is -0.191. The molecule has 1 aliphatic heterocycles. The van der Waals surface area contributed by atoms with Crippen LogP contribution >= 0.6 is 0 Å². The third kappa shape index (κ3) is 3.95. The molecule has 6 heteroatoms. The number of aryl methyl sites for hydroxylation is 1. The summed E-state index contributed by atoms with van der Waals surface area (Å²) in [5.74, 6) is -0.378. The lowest BCUT2D eigenvalue weighted by atomic mass is 9.98. The molecule has 25 heavy (non-hydrogen) atoms. The Labute approximate surface area is 144 Å². The van der Waals surface area contributed by atoms with E-state index in [-0.39, 0.29) is 24.4 Å². The maximum atomic E-state index is 13.6. The molecule has 1 amide bonds. The highest BCUT2D eigenvalue weighted by Gasteiger charge is 2.46. The summed E-state index contributed by atoms with van der Waals surface area (Å²) in [6.07, 6.45) is -1.34. The minimum atomic E-state index is -4.47. The zero-order chi connectivity index (χ0) is 18.0. The van der Waals surface area contributed by atoms with E-state index in [0.717, 1.165) is 40.6 Å². The van der Waals surface area contributed by atoms with Crippen molar-refractivity contribution >= 4 is 16.7 Å². The molecule has 3 rings (SSSR count). The van der Waals surface area contributed by atoms with Gasteiger partial charge >= 0.3 is 6.18 Å². The Kier molecular flexibility index (Phi) is 4.99. The summed E-state index contributed by atoms with van der Waals surface area (Å²) in [5.41, 5.74) is 3.60. The van der Waals surface area contributed by atoms with Gasteiger partial charge in [-0.25, -0.2) is 5.01 Å². The second-order valence-corrected chi connectivity index (χ2v) is 6.47. The maximum Gasteiger partial charge on any atom is 0.409 e. The van der Waals surface area contributed by atoms with Crippen molar-refractivity contribution in [3.05, 3.63) is 47.5 Å². The van der Waals surface area contributed by atoms with Gasteiger partial charge in [0.05, 0.1) is 0 Å². The SMILES string of the molecule is CCCCc1ccc2ccc([C@H](N3CCC(=O)N3)C(F)(F)F)cc2c1. The number of hydrazine groups is 1. The van der Waals surface area contributed by atoms with Gasteiger partial charge < -0.3 is 0 Å². The van der Waals surface area contributed by atoms with Crippen LogP contribution in [0.2, 0.25) is 0 Å². The number of carbonyl (C=O) groups excluding carboxylic acids is 1. The van der Waals surface area contributed by atoms with Gasteiger partial charge in [0.2, 0.25) is 5.91 Å². The van der Waals surface area contributed by atoms with Crippen molar-refractivity contribution in [3.8, 4) is 0 Å². The highest BCUT2D eigenvalue weighted by Crippen LogP contribution is 2.38. The first-order valence-corrected chi connectivity index (χ1v) is 8.54. The number of halogens is 3. The van der Waals surface area contributed by atoms with Gasteiger partial charge in [0.1, 0.15) is 6.04 Å². The molecule has 2 aromatic carbocycles. The number of benzene rings is 2. The van der Waals surface area contributed by atoms with Crippen LogP contribution in [0.15, 0.2) is 36.4 Å². The number of carbonyl (C=O) groups is 1. The Morgan fingerprint density at radius 1 is 1.16 bits per heavy atom. The smallest absolute Gasteiger partial charge is 0.288 e. The number of hydrogen-bond donors (Lipinski definition) is 1. The molecule has 2 aromatic rings. The molecule has 0 saturated carbocycles. The summed E-state index contributed by atoms with van der Waals surface area (Å²) in [4.78, 5) is 11.4. The Bertz CT molecular complexity index is 773. The van der Waals surface area contributed by atoms with Gasteiger partial charge in [0.25, 0.3) is 0 Å². The summed E-state index contributed by atoms with van der Waals surface area (Å²) >= 11 is 0. The van der Waals surface area contributed by atoms with E-state index in [1.54, 1.807) is 12.1 Å². The second-order valence-electron chi connectivity index (χ2n) is 6.47. The summed E-state index contributed by atoms with van der Waals surface area (Å²) in [6, 6.07) is 8.91. The van der Waals surface area contributed by atoms with Gasteiger partial charge in [-0.15, -0.1) is 0 Å². The monoisotopic (exact) mass is 350 g/mol. The molecule has 0 radical (unpaired) electrons. The Balaban J connectivity index is 1.97. The zero-order valence-electron chi connectivity index (χ0n) is 14.1. The van der Waals surface area contributed by atoms with Crippen LogP contribution < -0.4 is 5.43 Å². The fourth-order valence-electron chi connectivity index (χ4n) is 3.25. The normalized spacial score (nSPS) is 17.0. The molecule has 1 atom stereocenters. The minimum Gasteiger partial charge on any atom is -0.288 e. The van der Waals surface area contributed by atoms with E-state index in [2.05, 4.69) is 12.3 Å². The third-order valence-electron chi connectivity index (χ3n) is 4.53. The van der Waals surface area contributed by atoms with Gasteiger partial charge in [-0.1, -0.05) is 43.7 Å². The minimum absolute atomic E-state index is 0.0532. The van der Waals surface area contributed by atoms with Crippen LogP contribution in [0.5, 0.6) is 0 Å². The van der Waals surface area contributed by atoms with E-state index >= 15 is 0 Å². The van der Waals surface area contributed by atoms with Crippen LogP contribution in [0.3, 0.4) is 0 Å². The highest BCUT2D eigenvalue weighted by molar-refractivity contribution is 5.84. The van der Waals surface area contributed by atoms with Crippen molar-refractivity contribution in [2.75, 3.05) is 6.54 Å². The van der Waals surface area contributed by atoms with E-state index in [4.69, 9.17) is 0 Å². The summed E-state index contributed by atoms with van der Waals surface area (Å²) in [7, 11) is 0. The summed E-state index contributed by atoms with van der Waals surface area (Å²) < 4.78 is 40.9. The number of alkyl halides is 3. The molecular weight excluding hydrogens is 329 g/mol. The molecule has 0 spiro atoms. The van der Waals surface area contributed by atoms with Crippen molar-refractivity contribution in [1.29, 1.82) is 0 Å². The molecule has 1 aliphatic rings. The van der Waals surface area contributed by atoms with E-state index in [0.29, 0.717) is 0 Å². The summed E-state index contributed by atoms with van der Waals surface area (Å²) in [6.45, 7) is 2.16. The van der Waals surface area contributed by atoms with Crippen molar-refractivity contribution in [1.82, 2.24) is 10.4 Å². The molecule has 0 unspecified atom stereocenters. The quantitative estimate of drug-likeness (QED) is 0.860. The number of nitrogens with one attached hydrogen (secondary N) is 1. The predicted molar refractivity (Wildman–Crippen MR) is 90.8 cm³/mol. The predicted octanol–water partition coefficient (Wildman–Crippen LogP) is 4.52. The fraction of sp³-hybridized carbons (Fsp3) is 0.421. The van der Waals surface area contributed by atoms with Gasteiger partial charge in [-0.05, 0) is 40.8 Å². The first kappa shape index (κ1) is 17.7. The standard InChI is InChI=1S/C19H21F3N2O/c1-2-3-4-13-5-6-14-7-8-15(12-16(14)11-13)18(19(20,21)22)24-10-9-17(25)23-24/h5-8,11-12,18H,2-4,9-10H2,1H3,(H,23,25)/t18-/m0/s1. The van der Waals surface area contributed by atoms with Gasteiger partial charge in [-0.2, -0.15) is 13.2 Å². The molecule has 1 N–H and O–H groups in total. The van der Waals surface area contributed by atoms with Crippen LogP contribution in [-0.2, 0) is 11.2 Å². The zero-order valence-corrected chi connectivity index (χ0v) is 14.1. The van der Waals surface area contributed by atoms with Gasteiger partial charge in [-0.3, -0.25) is 10.2 Å². The molecule has 1 heterocycles. The van der Waals surface area contributed by atoms with Gasteiger partial charge in [0, 0.05) is 13.0 Å². The topological polar surface area (TPSA) is 32.3 Å². The first-order valence-electron chi connectivity index (χ1n) is 8.54. The molecule has 134 valence electrons. The van der Waals surface area contributed by atoms with Gasteiger partial charge in [0.15, 0.2) is 0 Å². The Hall–Kier alpha value is -2.08. The van der Waals surface area contributed by atoms with E-state index in [1.807, 2.05) is 18.2 Å². The number of hydrogen-bond acceptors (Lipinski definition) is 2. The third-order valence-corrected chi connectivity index (χ3v) is 4.53. The van der Waals surface area contributed by atoms with Crippen molar-refractivity contribution in [2.45, 2.75) is 44.8 Å². The average Bonchev–Trinajstić information content (AvgIpc) is 2.97. The fourth-order valence-corrected chi connectivity index (χ4v) is 3.25. The lowest BCUT2D eigenvalue weighted by Gasteiger charge is -2.29. The van der Waals surface area contributed by atoms with Crippen molar-refractivity contribution in [3.63, 3.8) is 0 Å². The van der Waals surface area contributed by atoms with Crippen LogP contribution in [0.25, 0.3) is 10.8 Å². The summed E-state index contributed by atoms with van der Waals surface area (Å²) in [5, 5.41) is 2.70. The first-order chi connectivity index (χ1) is 11.9. The van der Waals surface area contributed by atoms with Crippen LogP contribution in [-0.4, -0.2) is 23.6 Å². The molecule has 3 nitrogen and oxygen atoms in total. The second kappa shape index (κ2) is 7.04. The number of unbranched alkanes of at least 4 members (excludes halogenated alkanes) is 1. The van der Waals surface area contributed by atoms with Crippen molar-refractivity contribution < 1.29 is 18.0 Å². The van der Waals surface area contributed by atoms with Crippen LogP contribution in [0.1, 0.15) is 43.4 Å². The maximum absolute atomic E-state index is 13.6. The Morgan fingerprint density at radius 2 is 1.92 bits per heavy atom. The number of fused-ring (bicyclic) bond motifs is 1. The van der Waals surface area contributed by atoms with E-state index < -0.39 is 12.2 Å². The molecule has 0 aromatic heterocycles. The lowest BCUT2D eigenvalue weighted by Crippen LogP contribution is -2.43. The molecular formula is C19H21F3N2O.